The zero-order valence-corrected chi connectivity index (χ0v) is 13.2. The monoisotopic (exact) mass is 319 g/mol. The number of benzene rings is 2. The van der Waals surface area contributed by atoms with E-state index in [0.717, 1.165) is 16.7 Å². The molecule has 0 saturated carbocycles. The second kappa shape index (κ2) is 6.50. The van der Waals surface area contributed by atoms with Gasteiger partial charge in [-0.25, -0.2) is 0 Å². The molecule has 3 aromatic rings. The molecule has 5 heteroatoms. The Bertz CT molecular complexity index is 878. The van der Waals surface area contributed by atoms with Crippen LogP contribution in [-0.2, 0) is 0 Å². The van der Waals surface area contributed by atoms with E-state index in [-0.39, 0.29) is 23.7 Å². The van der Waals surface area contributed by atoms with Gasteiger partial charge in [0.15, 0.2) is 5.78 Å². The number of carbonyl (C=O) groups excluding carboxylic acids is 1. The number of H-pyrrole nitrogens is 1. The van der Waals surface area contributed by atoms with Crippen LogP contribution in [0.3, 0.4) is 0 Å². The fraction of sp³-hybridized carbons (Fsp3) is 0.105. The predicted molar refractivity (Wildman–Crippen MR) is 92.6 cm³/mol. The van der Waals surface area contributed by atoms with Gasteiger partial charge in [-0.2, -0.15) is 5.10 Å². The number of aryl methyl sites for hydroxylation is 1. The van der Waals surface area contributed by atoms with Gasteiger partial charge in [0.1, 0.15) is 11.4 Å². The van der Waals surface area contributed by atoms with Crippen molar-refractivity contribution in [3.05, 3.63) is 71.4 Å². The number of Topliss-reactive ketones (excluding diaryl/α,β-unsaturated/α-hetero) is 1. The first-order valence-corrected chi connectivity index (χ1v) is 7.55. The summed E-state index contributed by atoms with van der Waals surface area (Å²) in [7, 11) is 0. The third kappa shape index (κ3) is 3.41. The Balaban J connectivity index is 1.72. The minimum Gasteiger partial charge on any atom is -0.508 e. The van der Waals surface area contributed by atoms with Gasteiger partial charge in [-0.3, -0.25) is 9.89 Å². The van der Waals surface area contributed by atoms with Gasteiger partial charge in [0.05, 0.1) is 12.1 Å². The average molecular weight is 319 g/mol. The fourth-order valence-corrected chi connectivity index (χ4v) is 2.36. The summed E-state index contributed by atoms with van der Waals surface area (Å²) >= 11 is 0. The SMILES string of the molecule is Cc1ccc(C(=N)CC(=O)c2cc(-c3ccc(O)cc3)n[nH]2)cc1. The van der Waals surface area contributed by atoms with Crippen LogP contribution in [0.25, 0.3) is 11.3 Å². The van der Waals surface area contributed by atoms with E-state index >= 15 is 0 Å². The Morgan fingerprint density at radius 1 is 1.12 bits per heavy atom. The number of hydrogen-bond acceptors (Lipinski definition) is 4. The molecule has 0 radical (unpaired) electrons. The molecule has 0 aliphatic carbocycles. The maximum absolute atomic E-state index is 12.3. The molecule has 0 amide bonds. The Morgan fingerprint density at radius 3 is 2.46 bits per heavy atom. The normalized spacial score (nSPS) is 10.5. The van der Waals surface area contributed by atoms with Gasteiger partial charge >= 0.3 is 0 Å². The van der Waals surface area contributed by atoms with E-state index in [1.165, 1.54) is 0 Å². The molecule has 0 saturated heterocycles. The third-order valence-electron chi connectivity index (χ3n) is 3.78. The van der Waals surface area contributed by atoms with Crippen molar-refractivity contribution in [1.29, 1.82) is 5.41 Å². The molecule has 0 aliphatic rings. The van der Waals surface area contributed by atoms with Crippen molar-refractivity contribution in [1.82, 2.24) is 10.2 Å². The lowest BCUT2D eigenvalue weighted by molar-refractivity contribution is 0.0996. The molecule has 120 valence electrons. The predicted octanol–water partition coefficient (Wildman–Crippen LogP) is 3.73. The van der Waals surface area contributed by atoms with E-state index in [0.29, 0.717) is 11.4 Å². The molecule has 3 rings (SSSR count). The number of aromatic amines is 1. The number of hydrogen-bond donors (Lipinski definition) is 3. The molecule has 0 unspecified atom stereocenters. The first kappa shape index (κ1) is 15.7. The van der Waals surface area contributed by atoms with Gasteiger partial charge in [-0.1, -0.05) is 29.8 Å². The topological polar surface area (TPSA) is 89.8 Å². The number of aromatic hydroxyl groups is 1. The summed E-state index contributed by atoms with van der Waals surface area (Å²) in [5, 5.41) is 24.3. The molecule has 3 N–H and O–H groups in total. The van der Waals surface area contributed by atoms with E-state index < -0.39 is 0 Å². The number of rotatable bonds is 5. The molecule has 0 fully saturated rings. The third-order valence-corrected chi connectivity index (χ3v) is 3.78. The van der Waals surface area contributed by atoms with E-state index in [2.05, 4.69) is 10.2 Å². The minimum atomic E-state index is -0.182. The van der Waals surface area contributed by atoms with E-state index in [1.807, 2.05) is 31.2 Å². The van der Waals surface area contributed by atoms with Crippen LogP contribution in [0.1, 0.15) is 28.0 Å². The quantitative estimate of drug-likeness (QED) is 0.494. The highest BCUT2D eigenvalue weighted by atomic mass is 16.3. The Labute approximate surface area is 139 Å². The van der Waals surface area contributed by atoms with E-state index in [9.17, 15) is 9.90 Å². The van der Waals surface area contributed by atoms with Gasteiger partial charge in [-0.05, 0) is 42.8 Å². The maximum Gasteiger partial charge on any atom is 0.186 e. The summed E-state index contributed by atoms with van der Waals surface area (Å²) in [6.45, 7) is 1.98. The molecule has 0 spiro atoms. The average Bonchev–Trinajstić information content (AvgIpc) is 3.06. The highest BCUT2D eigenvalue weighted by Gasteiger charge is 2.14. The molecule has 0 bridgehead atoms. The molecule has 1 aromatic heterocycles. The van der Waals surface area contributed by atoms with Crippen LogP contribution < -0.4 is 0 Å². The molecule has 1 heterocycles. The number of phenols is 1. The standard InChI is InChI=1S/C19H17N3O2/c1-12-2-4-13(5-3-12)16(20)10-19(24)18-11-17(21-22-18)14-6-8-15(23)9-7-14/h2-9,11,20,23H,10H2,1H3,(H,21,22). The number of aromatic nitrogens is 2. The van der Waals surface area contributed by atoms with Gasteiger partial charge in [0, 0.05) is 11.3 Å². The zero-order chi connectivity index (χ0) is 17.1. The number of phenolic OH excluding ortho intramolecular Hbond substituents is 1. The minimum absolute atomic E-state index is 0.0142. The van der Waals surface area contributed by atoms with Gasteiger partial charge in [-0.15, -0.1) is 0 Å². The van der Waals surface area contributed by atoms with Crippen molar-refractivity contribution in [2.75, 3.05) is 0 Å². The number of ketones is 1. The Kier molecular flexibility index (Phi) is 4.24. The van der Waals surface area contributed by atoms with Gasteiger partial charge in [0.25, 0.3) is 0 Å². The van der Waals surface area contributed by atoms with Crippen molar-refractivity contribution in [3.63, 3.8) is 0 Å². The van der Waals surface area contributed by atoms with E-state index in [4.69, 9.17) is 5.41 Å². The molecule has 0 atom stereocenters. The molecule has 5 nitrogen and oxygen atoms in total. The lowest BCUT2D eigenvalue weighted by Gasteiger charge is -2.03. The Hall–Kier alpha value is -3.21. The lowest BCUT2D eigenvalue weighted by Crippen LogP contribution is -2.09. The van der Waals surface area contributed by atoms with Gasteiger partial charge < -0.3 is 10.5 Å². The highest BCUT2D eigenvalue weighted by molar-refractivity contribution is 6.14. The maximum atomic E-state index is 12.3. The largest absolute Gasteiger partial charge is 0.508 e. The fourth-order valence-electron chi connectivity index (χ4n) is 2.36. The summed E-state index contributed by atoms with van der Waals surface area (Å²) in [5.74, 6) is -0.00441. The summed E-state index contributed by atoms with van der Waals surface area (Å²) < 4.78 is 0. The van der Waals surface area contributed by atoms with Crippen molar-refractivity contribution in [3.8, 4) is 17.0 Å². The summed E-state index contributed by atoms with van der Waals surface area (Å²) in [4.78, 5) is 12.3. The van der Waals surface area contributed by atoms with E-state index in [1.54, 1.807) is 30.3 Å². The Morgan fingerprint density at radius 2 is 1.79 bits per heavy atom. The van der Waals surface area contributed by atoms with Crippen molar-refractivity contribution < 1.29 is 9.90 Å². The molecule has 0 aliphatic heterocycles. The van der Waals surface area contributed by atoms with Crippen molar-refractivity contribution >= 4 is 11.5 Å². The molecular formula is C19H17N3O2. The van der Waals surface area contributed by atoms with Gasteiger partial charge in [0.2, 0.25) is 0 Å². The molecule has 24 heavy (non-hydrogen) atoms. The van der Waals surface area contributed by atoms with Crippen LogP contribution in [0.4, 0.5) is 0 Å². The number of nitrogens with zero attached hydrogens (tertiary/aromatic N) is 1. The highest BCUT2D eigenvalue weighted by Crippen LogP contribution is 2.21. The van der Waals surface area contributed by atoms with Crippen LogP contribution >= 0.6 is 0 Å². The second-order valence-corrected chi connectivity index (χ2v) is 5.66. The summed E-state index contributed by atoms with van der Waals surface area (Å²) in [6, 6.07) is 15.8. The number of nitrogens with one attached hydrogen (secondary N) is 2. The summed E-state index contributed by atoms with van der Waals surface area (Å²) in [6.07, 6.45) is 0.0142. The van der Waals surface area contributed by atoms with Crippen LogP contribution in [-0.4, -0.2) is 26.8 Å². The second-order valence-electron chi connectivity index (χ2n) is 5.66. The molecular weight excluding hydrogens is 302 g/mol. The first-order chi connectivity index (χ1) is 11.5. The smallest absolute Gasteiger partial charge is 0.186 e. The van der Waals surface area contributed by atoms with Crippen LogP contribution in [0.5, 0.6) is 5.75 Å². The first-order valence-electron chi connectivity index (χ1n) is 7.55. The van der Waals surface area contributed by atoms with Crippen molar-refractivity contribution in [2.45, 2.75) is 13.3 Å². The number of carbonyl (C=O) groups is 1. The molecule has 2 aromatic carbocycles. The zero-order valence-electron chi connectivity index (χ0n) is 13.2. The van der Waals surface area contributed by atoms with Crippen LogP contribution in [0.2, 0.25) is 0 Å². The summed E-state index contributed by atoms with van der Waals surface area (Å²) in [5.41, 5.74) is 3.94. The van der Waals surface area contributed by atoms with Crippen LogP contribution in [0, 0.1) is 12.3 Å². The van der Waals surface area contributed by atoms with Crippen molar-refractivity contribution in [2.24, 2.45) is 0 Å². The van der Waals surface area contributed by atoms with Crippen LogP contribution in [0.15, 0.2) is 54.6 Å². The lowest BCUT2D eigenvalue weighted by atomic mass is 10.0.